The van der Waals surface area contributed by atoms with Crippen molar-refractivity contribution in [3.63, 3.8) is 0 Å². The second kappa shape index (κ2) is 7.57. The molecule has 0 atom stereocenters. The number of anilines is 1. The molecular formula is C20H23NO4. The minimum Gasteiger partial charge on any atom is -0.493 e. The van der Waals surface area contributed by atoms with Gasteiger partial charge in [-0.15, -0.1) is 0 Å². The standard InChI is InChI=1S/C20H23NO4/c1-23-17-9-8-15(14-18(17)24-2)20(10-12-25-13-11-20)19(22)21-16-6-4-3-5-7-16/h3-9,14H,10-13H2,1-2H3,(H,21,22). The Balaban J connectivity index is 1.97. The topological polar surface area (TPSA) is 56.8 Å². The van der Waals surface area contributed by atoms with Crippen molar-refractivity contribution in [2.45, 2.75) is 18.3 Å². The van der Waals surface area contributed by atoms with Crippen LogP contribution in [-0.2, 0) is 14.9 Å². The number of amides is 1. The summed E-state index contributed by atoms with van der Waals surface area (Å²) in [5, 5.41) is 3.05. The van der Waals surface area contributed by atoms with E-state index in [1.807, 2.05) is 48.5 Å². The number of carbonyl (C=O) groups is 1. The molecule has 2 aromatic rings. The van der Waals surface area contributed by atoms with Crippen LogP contribution in [0.2, 0.25) is 0 Å². The van der Waals surface area contributed by atoms with Gasteiger partial charge in [-0.05, 0) is 42.7 Å². The molecule has 1 N–H and O–H groups in total. The molecule has 5 heteroatoms. The molecule has 0 aliphatic carbocycles. The normalized spacial score (nSPS) is 16.1. The number of hydrogen-bond donors (Lipinski definition) is 1. The molecular weight excluding hydrogens is 318 g/mol. The summed E-state index contributed by atoms with van der Waals surface area (Å²) >= 11 is 0. The maximum Gasteiger partial charge on any atom is 0.235 e. The number of hydrogen-bond acceptors (Lipinski definition) is 4. The van der Waals surface area contributed by atoms with E-state index in [2.05, 4.69) is 5.32 Å². The molecule has 0 radical (unpaired) electrons. The summed E-state index contributed by atoms with van der Waals surface area (Å²) in [5.74, 6) is 1.25. The van der Waals surface area contributed by atoms with Crippen LogP contribution in [0.25, 0.3) is 0 Å². The van der Waals surface area contributed by atoms with Crippen molar-refractivity contribution in [3.8, 4) is 11.5 Å². The van der Waals surface area contributed by atoms with Gasteiger partial charge >= 0.3 is 0 Å². The lowest BCUT2D eigenvalue weighted by Crippen LogP contribution is -2.44. The molecule has 0 unspecified atom stereocenters. The van der Waals surface area contributed by atoms with Crippen molar-refractivity contribution in [1.82, 2.24) is 0 Å². The summed E-state index contributed by atoms with van der Waals surface area (Å²) in [7, 11) is 3.20. The lowest BCUT2D eigenvalue weighted by Gasteiger charge is -2.36. The maximum atomic E-state index is 13.2. The molecule has 3 rings (SSSR count). The number of rotatable bonds is 5. The average Bonchev–Trinajstić information content (AvgIpc) is 2.68. The third-order valence-electron chi connectivity index (χ3n) is 4.75. The Morgan fingerprint density at radius 1 is 1.00 bits per heavy atom. The molecule has 1 fully saturated rings. The molecule has 1 heterocycles. The SMILES string of the molecule is COc1ccc(C2(C(=O)Nc3ccccc3)CCOCC2)cc1OC. The molecule has 132 valence electrons. The first-order valence-electron chi connectivity index (χ1n) is 8.36. The highest BCUT2D eigenvalue weighted by atomic mass is 16.5. The summed E-state index contributed by atoms with van der Waals surface area (Å²) in [4.78, 5) is 13.2. The summed E-state index contributed by atoms with van der Waals surface area (Å²) < 4.78 is 16.3. The van der Waals surface area contributed by atoms with Crippen molar-refractivity contribution >= 4 is 11.6 Å². The average molecular weight is 341 g/mol. The fourth-order valence-corrected chi connectivity index (χ4v) is 3.27. The van der Waals surface area contributed by atoms with Gasteiger partial charge in [0.1, 0.15) is 0 Å². The zero-order valence-electron chi connectivity index (χ0n) is 14.6. The highest BCUT2D eigenvalue weighted by Crippen LogP contribution is 2.40. The van der Waals surface area contributed by atoms with Crippen LogP contribution in [0.3, 0.4) is 0 Å². The molecule has 1 aliphatic rings. The molecule has 2 aromatic carbocycles. The lowest BCUT2D eigenvalue weighted by atomic mass is 9.73. The van der Waals surface area contributed by atoms with Gasteiger partial charge in [-0.1, -0.05) is 24.3 Å². The van der Waals surface area contributed by atoms with Crippen LogP contribution in [0.5, 0.6) is 11.5 Å². The van der Waals surface area contributed by atoms with Gasteiger partial charge in [0.05, 0.1) is 19.6 Å². The monoisotopic (exact) mass is 341 g/mol. The van der Waals surface area contributed by atoms with E-state index in [-0.39, 0.29) is 5.91 Å². The second-order valence-electron chi connectivity index (χ2n) is 6.08. The minimum absolute atomic E-state index is 0.0192. The fourth-order valence-electron chi connectivity index (χ4n) is 3.27. The minimum atomic E-state index is -0.645. The van der Waals surface area contributed by atoms with E-state index in [4.69, 9.17) is 14.2 Å². The van der Waals surface area contributed by atoms with Gasteiger partial charge in [-0.3, -0.25) is 4.79 Å². The van der Waals surface area contributed by atoms with Crippen molar-refractivity contribution in [1.29, 1.82) is 0 Å². The Kier molecular flexibility index (Phi) is 5.24. The predicted octanol–water partition coefficient (Wildman–Crippen LogP) is 3.39. The van der Waals surface area contributed by atoms with E-state index in [9.17, 15) is 4.79 Å². The highest BCUT2D eigenvalue weighted by molar-refractivity contribution is 5.99. The molecule has 0 bridgehead atoms. The van der Waals surface area contributed by atoms with E-state index >= 15 is 0 Å². The van der Waals surface area contributed by atoms with Gasteiger partial charge in [-0.2, -0.15) is 0 Å². The summed E-state index contributed by atoms with van der Waals surface area (Å²) in [6, 6.07) is 15.2. The van der Waals surface area contributed by atoms with Gasteiger partial charge in [0, 0.05) is 18.9 Å². The summed E-state index contributed by atoms with van der Waals surface area (Å²) in [6.45, 7) is 1.10. The fraction of sp³-hybridized carbons (Fsp3) is 0.350. The molecule has 25 heavy (non-hydrogen) atoms. The van der Waals surface area contributed by atoms with Crippen LogP contribution in [0, 0.1) is 0 Å². The zero-order chi connectivity index (χ0) is 17.7. The van der Waals surface area contributed by atoms with Crippen molar-refractivity contribution < 1.29 is 19.0 Å². The van der Waals surface area contributed by atoms with E-state index < -0.39 is 5.41 Å². The number of nitrogens with one attached hydrogen (secondary N) is 1. The quantitative estimate of drug-likeness (QED) is 0.906. The number of methoxy groups -OCH3 is 2. The third-order valence-corrected chi connectivity index (χ3v) is 4.75. The number of para-hydroxylation sites is 1. The number of benzene rings is 2. The van der Waals surface area contributed by atoms with Crippen LogP contribution in [0.15, 0.2) is 48.5 Å². The predicted molar refractivity (Wildman–Crippen MR) is 96.3 cm³/mol. The first kappa shape index (κ1) is 17.3. The van der Waals surface area contributed by atoms with Crippen molar-refractivity contribution in [3.05, 3.63) is 54.1 Å². The lowest BCUT2D eigenvalue weighted by molar-refractivity contribution is -0.125. The molecule has 0 aromatic heterocycles. The maximum absolute atomic E-state index is 13.2. The van der Waals surface area contributed by atoms with Crippen molar-refractivity contribution in [2.24, 2.45) is 0 Å². The third kappa shape index (κ3) is 3.46. The Bertz CT molecular complexity index is 724. The number of carbonyl (C=O) groups excluding carboxylic acids is 1. The Hall–Kier alpha value is -2.53. The van der Waals surface area contributed by atoms with Gasteiger partial charge in [0.25, 0.3) is 0 Å². The first-order chi connectivity index (χ1) is 12.2. The first-order valence-corrected chi connectivity index (χ1v) is 8.36. The molecule has 1 saturated heterocycles. The zero-order valence-corrected chi connectivity index (χ0v) is 14.6. The molecule has 0 spiro atoms. The Morgan fingerprint density at radius 2 is 1.68 bits per heavy atom. The van der Waals surface area contributed by atoms with Crippen LogP contribution in [0.1, 0.15) is 18.4 Å². The Morgan fingerprint density at radius 3 is 2.32 bits per heavy atom. The van der Waals surface area contributed by atoms with E-state index in [0.717, 1.165) is 11.3 Å². The van der Waals surface area contributed by atoms with Crippen LogP contribution < -0.4 is 14.8 Å². The summed E-state index contributed by atoms with van der Waals surface area (Å²) in [5.41, 5.74) is 1.06. The van der Waals surface area contributed by atoms with E-state index in [1.165, 1.54) is 0 Å². The van der Waals surface area contributed by atoms with Gasteiger partial charge in [-0.25, -0.2) is 0 Å². The van der Waals surface area contributed by atoms with E-state index in [1.54, 1.807) is 14.2 Å². The second-order valence-corrected chi connectivity index (χ2v) is 6.08. The largest absolute Gasteiger partial charge is 0.493 e. The van der Waals surface area contributed by atoms with Crippen LogP contribution in [0.4, 0.5) is 5.69 Å². The molecule has 0 saturated carbocycles. The van der Waals surface area contributed by atoms with Gasteiger partial charge in [0.15, 0.2) is 11.5 Å². The molecule has 5 nitrogen and oxygen atoms in total. The van der Waals surface area contributed by atoms with Crippen LogP contribution in [-0.4, -0.2) is 33.3 Å². The number of ether oxygens (including phenoxy) is 3. The molecule has 1 aliphatic heterocycles. The summed E-state index contributed by atoms with van der Waals surface area (Å²) in [6.07, 6.45) is 1.25. The van der Waals surface area contributed by atoms with Gasteiger partial charge < -0.3 is 19.5 Å². The van der Waals surface area contributed by atoms with E-state index in [0.29, 0.717) is 37.6 Å². The van der Waals surface area contributed by atoms with Crippen LogP contribution >= 0.6 is 0 Å². The van der Waals surface area contributed by atoms with Gasteiger partial charge in [0.2, 0.25) is 5.91 Å². The molecule has 1 amide bonds. The van der Waals surface area contributed by atoms with Crippen molar-refractivity contribution in [2.75, 3.05) is 32.8 Å². The Labute approximate surface area is 147 Å². The smallest absolute Gasteiger partial charge is 0.235 e. The highest BCUT2D eigenvalue weighted by Gasteiger charge is 2.42.